The number of ether oxygens (including phenoxy) is 3. The van der Waals surface area contributed by atoms with Crippen LogP contribution in [0, 0.1) is 13.8 Å². The Morgan fingerprint density at radius 3 is 2.69 bits per heavy atom. The molecule has 45 heavy (non-hydrogen) atoms. The molecule has 0 aliphatic carbocycles. The molecule has 2 aromatic heterocycles. The maximum atomic E-state index is 11.7. The minimum atomic E-state index is -1.10. The molecule has 2 aliphatic rings. The summed E-state index contributed by atoms with van der Waals surface area (Å²) in [5.41, 5.74) is 7.95. The van der Waals surface area contributed by atoms with Crippen LogP contribution >= 0.6 is 0 Å². The second kappa shape index (κ2) is 13.8. The van der Waals surface area contributed by atoms with Crippen LogP contribution in [0.2, 0.25) is 0 Å². The third-order valence-corrected chi connectivity index (χ3v) is 8.97. The number of nitrogens with zero attached hydrogens (tertiary/aromatic N) is 4. The van der Waals surface area contributed by atoms with Gasteiger partial charge in [-0.1, -0.05) is 30.3 Å². The number of aryl methyl sites for hydroxylation is 1. The summed E-state index contributed by atoms with van der Waals surface area (Å²) in [6.45, 7) is 10.9. The summed E-state index contributed by atoms with van der Waals surface area (Å²) in [4.78, 5) is 19.2. The zero-order valence-electron chi connectivity index (χ0n) is 26.4. The maximum Gasteiger partial charge on any atom is 0.342 e. The number of benzene rings is 2. The third kappa shape index (κ3) is 6.74. The molecule has 2 aliphatic heterocycles. The Kier molecular flexibility index (Phi) is 9.47. The minimum absolute atomic E-state index is 0.00861. The van der Waals surface area contributed by atoms with Crippen LogP contribution in [0.25, 0.3) is 17.1 Å². The summed E-state index contributed by atoms with van der Waals surface area (Å²) >= 11 is 0. The van der Waals surface area contributed by atoms with Crippen molar-refractivity contribution in [3.05, 3.63) is 88.1 Å². The zero-order chi connectivity index (χ0) is 31.3. The van der Waals surface area contributed by atoms with E-state index in [0.29, 0.717) is 30.8 Å². The van der Waals surface area contributed by atoms with Crippen LogP contribution in [0.3, 0.4) is 0 Å². The number of fused-ring (bicyclic) bond motifs is 1. The van der Waals surface area contributed by atoms with E-state index in [1.54, 1.807) is 13.0 Å². The zero-order valence-corrected chi connectivity index (χ0v) is 26.4. The van der Waals surface area contributed by atoms with Crippen molar-refractivity contribution < 1.29 is 24.1 Å². The molecule has 1 unspecified atom stereocenters. The predicted octanol–water partition coefficient (Wildman–Crippen LogP) is 6.20. The molecule has 0 saturated carbocycles. The van der Waals surface area contributed by atoms with Crippen LogP contribution in [-0.2, 0) is 24.2 Å². The molecular formula is C36H42N4O5. The molecule has 1 atom stereocenters. The average Bonchev–Trinajstić information content (AvgIpc) is 3.36. The molecule has 1 saturated heterocycles. The number of rotatable bonds is 10. The molecule has 0 amide bonds. The molecule has 236 valence electrons. The van der Waals surface area contributed by atoms with Crippen LogP contribution < -0.4 is 9.47 Å². The molecule has 6 rings (SSSR count). The lowest BCUT2D eigenvalue weighted by Crippen LogP contribution is -2.37. The summed E-state index contributed by atoms with van der Waals surface area (Å²) in [7, 11) is 0. The number of carboxylic acid groups (broad SMARTS) is 1. The quantitative estimate of drug-likeness (QED) is 0.227. The van der Waals surface area contributed by atoms with Gasteiger partial charge < -0.3 is 24.2 Å². The van der Waals surface area contributed by atoms with Gasteiger partial charge in [-0.05, 0) is 98.9 Å². The summed E-state index contributed by atoms with van der Waals surface area (Å²) in [6, 6.07) is 16.1. The van der Waals surface area contributed by atoms with E-state index in [9.17, 15) is 9.90 Å². The molecule has 1 N–H and O–H groups in total. The van der Waals surface area contributed by atoms with Gasteiger partial charge in [0.2, 0.25) is 5.88 Å². The van der Waals surface area contributed by atoms with Crippen molar-refractivity contribution in [2.75, 3.05) is 32.8 Å². The summed E-state index contributed by atoms with van der Waals surface area (Å²) in [6.07, 6.45) is 7.39. The molecule has 2 aromatic carbocycles. The van der Waals surface area contributed by atoms with Gasteiger partial charge in [0.25, 0.3) is 0 Å². The number of hydrogen-bond donors (Lipinski definition) is 1. The van der Waals surface area contributed by atoms with E-state index in [2.05, 4.69) is 29.1 Å². The van der Waals surface area contributed by atoms with E-state index in [-0.39, 0.29) is 11.4 Å². The lowest BCUT2D eigenvalue weighted by molar-refractivity contribution is -0.00497. The largest absolute Gasteiger partial charge is 0.488 e. The minimum Gasteiger partial charge on any atom is -0.488 e. The molecular weight excluding hydrogens is 568 g/mol. The van der Waals surface area contributed by atoms with E-state index in [1.807, 2.05) is 37.3 Å². The average molecular weight is 611 g/mol. The first-order chi connectivity index (χ1) is 21.9. The monoisotopic (exact) mass is 610 g/mol. The molecule has 4 aromatic rings. The second-order valence-electron chi connectivity index (χ2n) is 11.9. The standard InChI is InChI=1S/C36H42N4O5/c1-4-43-35-31(36(41)42)21-37-40(35)33-13-8-12-32(38-33)30-11-7-9-24(2)34(30)45-23-27-15-14-26-16-18-39(19-17-29(26)25(27)3)22-28-10-5-6-20-44-28/h7-9,11-15,21,28H,4-6,10,16-20,22-23H2,1-3H3,(H,41,42). The van der Waals surface area contributed by atoms with Crippen molar-refractivity contribution in [3.63, 3.8) is 0 Å². The molecule has 1 fully saturated rings. The topological polar surface area (TPSA) is 98.9 Å². The predicted molar refractivity (Wildman–Crippen MR) is 173 cm³/mol. The van der Waals surface area contributed by atoms with Crippen molar-refractivity contribution in [1.29, 1.82) is 0 Å². The normalized spacial score (nSPS) is 17.0. The number of carboxylic acids is 1. The van der Waals surface area contributed by atoms with Gasteiger partial charge in [-0.25, -0.2) is 9.78 Å². The number of hydrogen-bond acceptors (Lipinski definition) is 7. The van der Waals surface area contributed by atoms with E-state index < -0.39 is 5.97 Å². The summed E-state index contributed by atoms with van der Waals surface area (Å²) < 4.78 is 19.7. The van der Waals surface area contributed by atoms with Crippen LogP contribution in [0.4, 0.5) is 0 Å². The Morgan fingerprint density at radius 1 is 1.04 bits per heavy atom. The lowest BCUT2D eigenvalue weighted by Gasteiger charge is -2.29. The van der Waals surface area contributed by atoms with Crippen LogP contribution in [0.1, 0.15) is 64.4 Å². The highest BCUT2D eigenvalue weighted by Gasteiger charge is 2.23. The highest BCUT2D eigenvalue weighted by molar-refractivity contribution is 5.90. The van der Waals surface area contributed by atoms with E-state index >= 15 is 0 Å². The number of para-hydroxylation sites is 1. The second-order valence-corrected chi connectivity index (χ2v) is 11.9. The summed E-state index contributed by atoms with van der Waals surface area (Å²) in [5.74, 6) is 0.280. The number of pyridine rings is 1. The van der Waals surface area contributed by atoms with Gasteiger partial charge in [0.05, 0.1) is 24.6 Å². The first-order valence-electron chi connectivity index (χ1n) is 16.0. The third-order valence-electron chi connectivity index (χ3n) is 8.97. The fourth-order valence-electron chi connectivity index (χ4n) is 6.49. The van der Waals surface area contributed by atoms with E-state index in [1.165, 1.54) is 52.4 Å². The van der Waals surface area contributed by atoms with Crippen molar-refractivity contribution >= 4 is 5.97 Å². The highest BCUT2D eigenvalue weighted by Crippen LogP contribution is 2.34. The number of carbonyl (C=O) groups is 1. The smallest absolute Gasteiger partial charge is 0.342 e. The Bertz CT molecular complexity index is 1660. The van der Waals surface area contributed by atoms with E-state index in [4.69, 9.17) is 19.2 Å². The first kappa shape index (κ1) is 30.8. The number of aromatic carboxylic acids is 1. The molecule has 0 spiro atoms. The van der Waals surface area contributed by atoms with Crippen LogP contribution in [0.5, 0.6) is 11.6 Å². The lowest BCUT2D eigenvalue weighted by atomic mass is 9.94. The van der Waals surface area contributed by atoms with Crippen molar-refractivity contribution in [3.8, 4) is 28.7 Å². The van der Waals surface area contributed by atoms with Gasteiger partial charge in [0, 0.05) is 31.8 Å². The Morgan fingerprint density at radius 2 is 1.89 bits per heavy atom. The Balaban J connectivity index is 1.21. The van der Waals surface area contributed by atoms with Crippen molar-refractivity contribution in [2.24, 2.45) is 0 Å². The van der Waals surface area contributed by atoms with Gasteiger partial charge in [-0.3, -0.25) is 0 Å². The van der Waals surface area contributed by atoms with Crippen molar-refractivity contribution in [2.45, 2.75) is 65.6 Å². The van der Waals surface area contributed by atoms with Gasteiger partial charge in [0.1, 0.15) is 17.9 Å². The van der Waals surface area contributed by atoms with Gasteiger partial charge in [-0.15, -0.1) is 0 Å². The first-order valence-corrected chi connectivity index (χ1v) is 16.0. The molecule has 0 radical (unpaired) electrons. The van der Waals surface area contributed by atoms with Gasteiger partial charge in [0.15, 0.2) is 5.82 Å². The molecule has 9 nitrogen and oxygen atoms in total. The number of aromatic nitrogens is 3. The Hall–Kier alpha value is -4.21. The van der Waals surface area contributed by atoms with Gasteiger partial charge >= 0.3 is 5.97 Å². The highest BCUT2D eigenvalue weighted by atomic mass is 16.5. The SMILES string of the molecule is CCOc1c(C(=O)O)cnn1-c1cccc(-c2cccc(C)c2OCc2ccc3c(c2C)CCN(CC2CCCCO2)CC3)n1. The van der Waals surface area contributed by atoms with Crippen LogP contribution in [0.15, 0.2) is 54.7 Å². The molecule has 9 heteroatoms. The fourth-order valence-corrected chi connectivity index (χ4v) is 6.49. The molecule has 4 heterocycles. The fraction of sp³-hybridized carbons (Fsp3) is 0.417. The van der Waals surface area contributed by atoms with Gasteiger partial charge in [-0.2, -0.15) is 9.78 Å². The van der Waals surface area contributed by atoms with Crippen LogP contribution in [-0.4, -0.2) is 69.7 Å². The molecule has 0 bridgehead atoms. The van der Waals surface area contributed by atoms with E-state index in [0.717, 1.165) is 56.0 Å². The van der Waals surface area contributed by atoms with Crippen molar-refractivity contribution in [1.82, 2.24) is 19.7 Å². The maximum absolute atomic E-state index is 11.7. The summed E-state index contributed by atoms with van der Waals surface area (Å²) in [5, 5.41) is 13.9. The Labute approximate surface area is 264 Å².